The zero-order valence-corrected chi connectivity index (χ0v) is 11.1. The van der Waals surface area contributed by atoms with Crippen LogP contribution in [0, 0.1) is 0 Å². The fourth-order valence-electron chi connectivity index (χ4n) is 1.85. The lowest BCUT2D eigenvalue weighted by Gasteiger charge is -2.02. The van der Waals surface area contributed by atoms with Gasteiger partial charge in [-0.05, 0) is 17.0 Å². The molecule has 0 aliphatic carbocycles. The average molecular weight is 267 g/mol. The highest BCUT2D eigenvalue weighted by Gasteiger charge is 2.02. The summed E-state index contributed by atoms with van der Waals surface area (Å²) in [6, 6.07) is 12.3. The van der Waals surface area contributed by atoms with Crippen LogP contribution in [0.1, 0.15) is 5.56 Å². The fraction of sp³-hybridized carbons (Fsp3) is 0.0667. The topological polar surface area (TPSA) is 37.8 Å². The molecular weight excluding hydrogens is 254 g/mol. The average Bonchev–Trinajstić information content (AvgIpc) is 2.94. The van der Waals surface area contributed by atoms with Crippen molar-refractivity contribution in [3.8, 4) is 0 Å². The van der Waals surface area contributed by atoms with Crippen molar-refractivity contribution in [2.45, 2.75) is 0 Å². The molecule has 0 spiro atoms. The summed E-state index contributed by atoms with van der Waals surface area (Å²) in [5, 5.41) is 6.43. The Morgan fingerprint density at radius 2 is 2.00 bits per heavy atom. The quantitative estimate of drug-likeness (QED) is 0.781. The molecule has 2 aromatic heterocycles. The van der Waals surface area contributed by atoms with E-state index in [9.17, 15) is 0 Å². The zero-order chi connectivity index (χ0) is 12.9. The van der Waals surface area contributed by atoms with Gasteiger partial charge in [0.1, 0.15) is 17.0 Å². The molecule has 0 radical (unpaired) electrons. The Bertz CT molecular complexity index is 689. The van der Waals surface area contributed by atoms with E-state index < -0.39 is 0 Å². The van der Waals surface area contributed by atoms with Gasteiger partial charge in [-0.2, -0.15) is 0 Å². The van der Waals surface area contributed by atoms with E-state index in [4.69, 9.17) is 0 Å². The van der Waals surface area contributed by atoms with E-state index in [0.29, 0.717) is 0 Å². The van der Waals surface area contributed by atoms with Crippen molar-refractivity contribution < 1.29 is 0 Å². The van der Waals surface area contributed by atoms with Crippen LogP contribution in [0.2, 0.25) is 0 Å². The second-order valence-corrected chi connectivity index (χ2v) is 4.95. The summed E-state index contributed by atoms with van der Waals surface area (Å²) >= 11 is 1.63. The first-order chi connectivity index (χ1) is 9.43. The van der Waals surface area contributed by atoms with Crippen molar-refractivity contribution >= 4 is 33.4 Å². The summed E-state index contributed by atoms with van der Waals surface area (Å²) in [5.74, 6) is 0.893. The van der Waals surface area contributed by atoms with E-state index in [1.165, 1.54) is 5.56 Å². The summed E-state index contributed by atoms with van der Waals surface area (Å²) < 4.78 is 0. The van der Waals surface area contributed by atoms with Gasteiger partial charge in [0.05, 0.1) is 5.39 Å². The summed E-state index contributed by atoms with van der Waals surface area (Å²) in [7, 11) is 0. The summed E-state index contributed by atoms with van der Waals surface area (Å²) in [6.07, 6.45) is 5.79. The van der Waals surface area contributed by atoms with Gasteiger partial charge in [-0.3, -0.25) is 0 Å². The van der Waals surface area contributed by atoms with Gasteiger partial charge >= 0.3 is 0 Å². The molecule has 1 N–H and O–H groups in total. The summed E-state index contributed by atoms with van der Waals surface area (Å²) in [5.41, 5.74) is 1.20. The Kier molecular flexibility index (Phi) is 3.51. The Hall–Kier alpha value is -2.20. The van der Waals surface area contributed by atoms with Crippen LogP contribution in [-0.2, 0) is 0 Å². The van der Waals surface area contributed by atoms with Crippen molar-refractivity contribution in [1.29, 1.82) is 0 Å². The highest BCUT2D eigenvalue weighted by atomic mass is 32.1. The van der Waals surface area contributed by atoms with Crippen LogP contribution in [0.5, 0.6) is 0 Å². The van der Waals surface area contributed by atoms with Crippen LogP contribution in [-0.4, -0.2) is 16.5 Å². The van der Waals surface area contributed by atoms with E-state index in [0.717, 1.165) is 22.6 Å². The number of nitrogens with zero attached hydrogens (tertiary/aromatic N) is 2. The molecular formula is C15H13N3S. The van der Waals surface area contributed by atoms with Gasteiger partial charge in [-0.25, -0.2) is 9.97 Å². The lowest BCUT2D eigenvalue weighted by atomic mass is 10.2. The molecule has 19 heavy (non-hydrogen) atoms. The molecule has 0 aliphatic rings. The van der Waals surface area contributed by atoms with Crippen LogP contribution < -0.4 is 5.32 Å². The van der Waals surface area contributed by atoms with Crippen molar-refractivity contribution in [2.24, 2.45) is 0 Å². The third-order valence-corrected chi connectivity index (χ3v) is 3.58. The normalized spacial score (nSPS) is 11.2. The van der Waals surface area contributed by atoms with Crippen LogP contribution in [0.4, 0.5) is 5.82 Å². The van der Waals surface area contributed by atoms with Gasteiger partial charge in [-0.1, -0.05) is 42.5 Å². The van der Waals surface area contributed by atoms with Crippen molar-refractivity contribution in [3.63, 3.8) is 0 Å². The lowest BCUT2D eigenvalue weighted by Crippen LogP contribution is -2.00. The number of thiophene rings is 1. The lowest BCUT2D eigenvalue weighted by molar-refractivity contribution is 1.19. The highest BCUT2D eigenvalue weighted by molar-refractivity contribution is 7.16. The molecule has 0 fully saturated rings. The number of hydrogen-bond donors (Lipinski definition) is 1. The summed E-state index contributed by atoms with van der Waals surface area (Å²) in [6.45, 7) is 0.747. The zero-order valence-electron chi connectivity index (χ0n) is 10.3. The van der Waals surface area contributed by atoms with Gasteiger partial charge in [-0.15, -0.1) is 11.3 Å². The molecule has 2 heterocycles. The standard InChI is InChI=1S/C15H13N3S/c1-2-5-12(6-3-1)7-4-9-16-14-13-8-10-19-15(13)18-11-17-14/h1-8,10-11H,9H2,(H,16,17,18)/b7-4+. The molecule has 0 saturated heterocycles. The molecule has 0 bridgehead atoms. The minimum absolute atomic E-state index is 0.747. The number of nitrogens with one attached hydrogen (secondary N) is 1. The van der Waals surface area contributed by atoms with Crippen molar-refractivity contribution in [3.05, 3.63) is 59.7 Å². The van der Waals surface area contributed by atoms with Crippen molar-refractivity contribution in [1.82, 2.24) is 9.97 Å². The molecule has 94 valence electrons. The van der Waals surface area contributed by atoms with E-state index >= 15 is 0 Å². The first-order valence-corrected chi connectivity index (χ1v) is 6.95. The second kappa shape index (κ2) is 5.63. The minimum Gasteiger partial charge on any atom is -0.366 e. The Labute approximate surface area is 115 Å². The Balaban J connectivity index is 1.67. The van der Waals surface area contributed by atoms with Gasteiger partial charge in [0, 0.05) is 6.54 Å². The molecule has 0 atom stereocenters. The van der Waals surface area contributed by atoms with Crippen LogP contribution in [0.15, 0.2) is 54.2 Å². The molecule has 1 aromatic carbocycles. The highest BCUT2D eigenvalue weighted by Crippen LogP contribution is 2.23. The molecule has 3 nitrogen and oxygen atoms in total. The van der Waals surface area contributed by atoms with Gasteiger partial charge in [0.15, 0.2) is 0 Å². The number of anilines is 1. The number of hydrogen-bond acceptors (Lipinski definition) is 4. The Morgan fingerprint density at radius 3 is 2.89 bits per heavy atom. The largest absolute Gasteiger partial charge is 0.366 e. The van der Waals surface area contributed by atoms with Crippen LogP contribution in [0.25, 0.3) is 16.3 Å². The molecule has 0 amide bonds. The number of benzene rings is 1. The predicted octanol–water partition coefficient (Wildman–Crippen LogP) is 3.82. The second-order valence-electron chi connectivity index (χ2n) is 4.06. The van der Waals surface area contributed by atoms with E-state index in [1.54, 1.807) is 17.7 Å². The Morgan fingerprint density at radius 1 is 1.11 bits per heavy atom. The fourth-order valence-corrected chi connectivity index (χ4v) is 2.58. The first kappa shape index (κ1) is 11.9. The van der Waals surface area contributed by atoms with E-state index in [2.05, 4.69) is 39.6 Å². The molecule has 0 unspecified atom stereocenters. The van der Waals surface area contributed by atoms with E-state index in [-0.39, 0.29) is 0 Å². The maximum absolute atomic E-state index is 4.27. The summed E-state index contributed by atoms with van der Waals surface area (Å²) in [4.78, 5) is 9.52. The predicted molar refractivity (Wildman–Crippen MR) is 81.4 cm³/mol. The smallest absolute Gasteiger partial charge is 0.138 e. The SMILES string of the molecule is C(=C\c1ccccc1)/CNc1ncnc2sccc12. The van der Waals surface area contributed by atoms with Crippen LogP contribution >= 0.6 is 11.3 Å². The van der Waals surface area contributed by atoms with Gasteiger partial charge < -0.3 is 5.32 Å². The number of fused-ring (bicyclic) bond motifs is 1. The molecule has 0 aliphatic heterocycles. The maximum atomic E-state index is 4.27. The molecule has 3 aromatic rings. The third-order valence-electron chi connectivity index (χ3n) is 2.76. The van der Waals surface area contributed by atoms with Crippen LogP contribution in [0.3, 0.4) is 0 Å². The monoisotopic (exact) mass is 267 g/mol. The van der Waals surface area contributed by atoms with E-state index in [1.807, 2.05) is 29.6 Å². The molecule has 4 heteroatoms. The number of aromatic nitrogens is 2. The van der Waals surface area contributed by atoms with Crippen molar-refractivity contribution in [2.75, 3.05) is 11.9 Å². The van der Waals surface area contributed by atoms with Gasteiger partial charge in [0.2, 0.25) is 0 Å². The third kappa shape index (κ3) is 2.80. The maximum Gasteiger partial charge on any atom is 0.138 e. The van der Waals surface area contributed by atoms with Gasteiger partial charge in [0.25, 0.3) is 0 Å². The number of rotatable bonds is 4. The molecule has 0 saturated carbocycles. The molecule has 3 rings (SSSR count). The minimum atomic E-state index is 0.747. The first-order valence-electron chi connectivity index (χ1n) is 6.07.